The van der Waals surface area contributed by atoms with Gasteiger partial charge in [0.2, 0.25) is 0 Å². The van der Waals surface area contributed by atoms with Crippen molar-refractivity contribution in [3.8, 4) is 0 Å². The number of hydrogen-bond donors (Lipinski definition) is 1. The third-order valence-electron chi connectivity index (χ3n) is 5.51. The molecule has 1 aromatic rings. The molecule has 0 aromatic carbocycles. The van der Waals surface area contributed by atoms with Crippen molar-refractivity contribution < 1.29 is 0 Å². The Balaban J connectivity index is 1.78. The van der Waals surface area contributed by atoms with Crippen LogP contribution >= 0.6 is 15.9 Å². The Hall–Kier alpha value is -0.350. The van der Waals surface area contributed by atoms with Crippen molar-refractivity contribution >= 4 is 15.9 Å². The van der Waals surface area contributed by atoms with Gasteiger partial charge in [-0.1, -0.05) is 20.3 Å². The lowest BCUT2D eigenvalue weighted by atomic mass is 9.99. The smallest absolute Gasteiger partial charge is 0.0766 e. The maximum atomic E-state index is 4.75. The second-order valence-corrected chi connectivity index (χ2v) is 7.37. The predicted molar refractivity (Wildman–Crippen MR) is 90.5 cm³/mol. The highest BCUT2D eigenvalue weighted by atomic mass is 79.9. The lowest BCUT2D eigenvalue weighted by Gasteiger charge is -2.20. The molecule has 0 spiro atoms. The molecule has 3 unspecified atom stereocenters. The summed E-state index contributed by atoms with van der Waals surface area (Å²) in [5.41, 5.74) is 2.60. The largest absolute Gasteiger partial charge is 0.314 e. The summed E-state index contributed by atoms with van der Waals surface area (Å²) in [6.45, 7) is 8.64. The highest BCUT2D eigenvalue weighted by molar-refractivity contribution is 9.10. The zero-order valence-corrected chi connectivity index (χ0v) is 15.1. The van der Waals surface area contributed by atoms with Crippen LogP contribution in [0.25, 0.3) is 0 Å². The van der Waals surface area contributed by atoms with Crippen LogP contribution in [0.15, 0.2) is 4.47 Å². The predicted octanol–water partition coefficient (Wildman–Crippen LogP) is 3.79. The van der Waals surface area contributed by atoms with Gasteiger partial charge in [-0.15, -0.1) is 0 Å². The van der Waals surface area contributed by atoms with E-state index in [9.17, 15) is 0 Å². The van der Waals surface area contributed by atoms with Crippen molar-refractivity contribution in [3.05, 3.63) is 15.9 Å². The first-order valence-electron chi connectivity index (χ1n) is 8.68. The van der Waals surface area contributed by atoms with Crippen LogP contribution in [0.3, 0.4) is 0 Å². The summed E-state index contributed by atoms with van der Waals surface area (Å²) in [6.07, 6.45) is 6.51. The molecule has 1 aromatic heterocycles. The fourth-order valence-electron chi connectivity index (χ4n) is 4.50. The van der Waals surface area contributed by atoms with Gasteiger partial charge in [0.15, 0.2) is 0 Å². The summed E-state index contributed by atoms with van der Waals surface area (Å²) >= 11 is 3.80. The van der Waals surface area contributed by atoms with E-state index in [4.69, 9.17) is 5.10 Å². The van der Waals surface area contributed by atoms with Gasteiger partial charge in [-0.05, 0) is 66.4 Å². The molecule has 0 saturated heterocycles. The molecule has 3 atom stereocenters. The van der Waals surface area contributed by atoms with Crippen LogP contribution < -0.4 is 5.32 Å². The van der Waals surface area contributed by atoms with E-state index in [2.05, 4.69) is 46.7 Å². The number of nitrogens with zero attached hydrogens (tertiary/aromatic N) is 2. The summed E-state index contributed by atoms with van der Waals surface area (Å²) in [5, 5.41) is 8.52. The van der Waals surface area contributed by atoms with Crippen LogP contribution in [-0.2, 0) is 19.4 Å². The van der Waals surface area contributed by atoms with Crippen LogP contribution in [0.5, 0.6) is 0 Å². The molecular weight excluding hydrogens is 326 g/mol. The van der Waals surface area contributed by atoms with Gasteiger partial charge in [0.05, 0.1) is 15.9 Å². The van der Waals surface area contributed by atoms with E-state index in [1.54, 1.807) is 0 Å². The fraction of sp³-hybridized carbons (Fsp3) is 0.824. The average Bonchev–Trinajstić information content (AvgIpc) is 2.84. The molecule has 4 heteroatoms. The van der Waals surface area contributed by atoms with Gasteiger partial charge >= 0.3 is 0 Å². The molecule has 2 fully saturated rings. The minimum absolute atomic E-state index is 0.633. The Morgan fingerprint density at radius 3 is 2.57 bits per heavy atom. The standard InChI is InChI=1S/C17H28BrN3/c1-4-13-17(18)15(21(6-3)20-13)10-14(19-5-2)16-11-8-7-9-12(11)16/h11-12,14,16,19H,4-10H2,1-3H3. The van der Waals surface area contributed by atoms with E-state index in [1.165, 1.54) is 35.1 Å². The lowest BCUT2D eigenvalue weighted by Crippen LogP contribution is -2.35. The van der Waals surface area contributed by atoms with Gasteiger partial charge in [-0.2, -0.15) is 5.10 Å². The number of likely N-dealkylation sites (N-methyl/N-ethyl adjacent to an activating group) is 1. The molecule has 2 aliphatic carbocycles. The normalized spacial score (nSPS) is 28.7. The topological polar surface area (TPSA) is 29.9 Å². The lowest BCUT2D eigenvalue weighted by molar-refractivity contribution is 0.400. The van der Waals surface area contributed by atoms with Crippen molar-refractivity contribution in [2.45, 2.75) is 65.5 Å². The van der Waals surface area contributed by atoms with Crippen molar-refractivity contribution in [2.75, 3.05) is 6.54 Å². The van der Waals surface area contributed by atoms with Crippen molar-refractivity contribution in [1.29, 1.82) is 0 Å². The number of aryl methyl sites for hydroxylation is 2. The Labute approximate surface area is 137 Å². The minimum atomic E-state index is 0.633. The molecule has 1 N–H and O–H groups in total. The molecule has 21 heavy (non-hydrogen) atoms. The summed E-state index contributed by atoms with van der Waals surface area (Å²) < 4.78 is 3.45. The van der Waals surface area contributed by atoms with E-state index in [-0.39, 0.29) is 0 Å². The van der Waals surface area contributed by atoms with Crippen LogP contribution in [0.4, 0.5) is 0 Å². The first-order valence-corrected chi connectivity index (χ1v) is 9.47. The molecule has 3 rings (SSSR count). The van der Waals surface area contributed by atoms with E-state index in [1.807, 2.05) is 0 Å². The van der Waals surface area contributed by atoms with Crippen LogP contribution in [0.2, 0.25) is 0 Å². The third kappa shape index (κ3) is 2.81. The van der Waals surface area contributed by atoms with Gasteiger partial charge in [0.25, 0.3) is 0 Å². The van der Waals surface area contributed by atoms with Gasteiger partial charge in [-0.3, -0.25) is 4.68 Å². The first-order chi connectivity index (χ1) is 10.2. The van der Waals surface area contributed by atoms with Crippen LogP contribution in [0, 0.1) is 17.8 Å². The summed E-state index contributed by atoms with van der Waals surface area (Å²) in [5.74, 6) is 2.93. The summed E-state index contributed by atoms with van der Waals surface area (Å²) in [7, 11) is 0. The first kappa shape index (κ1) is 15.5. The number of halogens is 1. The SMILES string of the molecule is CCNC(Cc1c(Br)c(CC)nn1CC)C1C2CCCC21. The zero-order chi connectivity index (χ0) is 15.0. The number of nitrogens with one attached hydrogen (secondary N) is 1. The maximum Gasteiger partial charge on any atom is 0.0766 e. The number of fused-ring (bicyclic) bond motifs is 1. The number of rotatable bonds is 7. The van der Waals surface area contributed by atoms with Gasteiger partial charge in [0.1, 0.15) is 0 Å². The molecule has 2 aliphatic rings. The average molecular weight is 354 g/mol. The second-order valence-electron chi connectivity index (χ2n) is 6.58. The molecule has 2 saturated carbocycles. The molecule has 0 aliphatic heterocycles. The van der Waals surface area contributed by atoms with E-state index >= 15 is 0 Å². The number of aromatic nitrogens is 2. The zero-order valence-electron chi connectivity index (χ0n) is 13.5. The Bertz CT molecular complexity index is 486. The fourth-order valence-corrected chi connectivity index (χ4v) is 5.23. The molecular formula is C17H28BrN3. The van der Waals surface area contributed by atoms with Gasteiger partial charge in [0, 0.05) is 19.0 Å². The minimum Gasteiger partial charge on any atom is -0.314 e. The summed E-state index contributed by atoms with van der Waals surface area (Å²) in [6, 6.07) is 0.633. The highest BCUT2D eigenvalue weighted by Crippen LogP contribution is 2.59. The molecule has 0 amide bonds. The van der Waals surface area contributed by atoms with E-state index in [0.717, 1.165) is 43.7 Å². The molecule has 0 bridgehead atoms. The van der Waals surface area contributed by atoms with Crippen LogP contribution in [-0.4, -0.2) is 22.4 Å². The maximum absolute atomic E-state index is 4.75. The monoisotopic (exact) mass is 353 g/mol. The van der Waals surface area contributed by atoms with Gasteiger partial charge in [-0.25, -0.2) is 0 Å². The quantitative estimate of drug-likeness (QED) is 0.807. The van der Waals surface area contributed by atoms with E-state index in [0.29, 0.717) is 6.04 Å². The van der Waals surface area contributed by atoms with E-state index < -0.39 is 0 Å². The molecule has 118 valence electrons. The second kappa shape index (κ2) is 6.41. The Morgan fingerprint density at radius 2 is 2.00 bits per heavy atom. The van der Waals surface area contributed by atoms with Crippen molar-refractivity contribution in [3.63, 3.8) is 0 Å². The van der Waals surface area contributed by atoms with Crippen molar-refractivity contribution in [1.82, 2.24) is 15.1 Å². The number of hydrogen-bond acceptors (Lipinski definition) is 2. The highest BCUT2D eigenvalue weighted by Gasteiger charge is 2.55. The Kier molecular flexibility index (Phi) is 4.75. The molecule has 0 radical (unpaired) electrons. The van der Waals surface area contributed by atoms with Gasteiger partial charge < -0.3 is 5.32 Å². The van der Waals surface area contributed by atoms with Crippen molar-refractivity contribution in [2.24, 2.45) is 17.8 Å². The third-order valence-corrected chi connectivity index (χ3v) is 6.43. The summed E-state index contributed by atoms with van der Waals surface area (Å²) in [4.78, 5) is 0. The Morgan fingerprint density at radius 1 is 1.29 bits per heavy atom. The molecule has 3 nitrogen and oxygen atoms in total. The van der Waals surface area contributed by atoms with Crippen LogP contribution in [0.1, 0.15) is 51.4 Å². The molecule has 1 heterocycles.